The topological polar surface area (TPSA) is 96.8 Å². The Morgan fingerprint density at radius 3 is 3.04 bits per heavy atom. The fourth-order valence-corrected chi connectivity index (χ4v) is 4.43. The molecule has 1 aliphatic heterocycles. The molecule has 0 fully saturated rings. The number of rotatable bonds is 3. The van der Waals surface area contributed by atoms with Gasteiger partial charge in [0.25, 0.3) is 5.56 Å². The van der Waals surface area contributed by atoms with Gasteiger partial charge in [-0.3, -0.25) is 9.59 Å². The number of aromatic nitrogens is 5. The third-order valence-electron chi connectivity index (χ3n) is 4.96. The largest absolute Gasteiger partial charge is 0.333 e. The molecule has 136 valence electrons. The van der Waals surface area contributed by atoms with E-state index in [0.717, 1.165) is 21.1 Å². The summed E-state index contributed by atoms with van der Waals surface area (Å²) in [4.78, 5) is 35.9. The van der Waals surface area contributed by atoms with Crippen molar-refractivity contribution >= 4 is 27.5 Å². The molecule has 3 aromatic rings. The van der Waals surface area contributed by atoms with Gasteiger partial charge in [0, 0.05) is 24.3 Å². The van der Waals surface area contributed by atoms with Gasteiger partial charge in [0.1, 0.15) is 17.0 Å². The molecule has 8 nitrogen and oxygen atoms in total. The van der Waals surface area contributed by atoms with Crippen molar-refractivity contribution in [3.63, 3.8) is 0 Å². The standard InChI is InChI=1S/C17H20N6O2S/c1-9-6-22(7-13-21-18-8-23(9)13)14(24)5-4-12-19-16(25)15-10(2)11(3)26-17(15)20-12/h8-9H,4-7H2,1-3H3,(H,19,20,25). The Morgan fingerprint density at radius 1 is 1.42 bits per heavy atom. The molecule has 1 aliphatic rings. The zero-order valence-corrected chi connectivity index (χ0v) is 15.8. The van der Waals surface area contributed by atoms with Crippen LogP contribution in [0.1, 0.15) is 41.5 Å². The van der Waals surface area contributed by atoms with Gasteiger partial charge in [0.15, 0.2) is 5.82 Å². The molecule has 4 heterocycles. The summed E-state index contributed by atoms with van der Waals surface area (Å²) in [6.07, 6.45) is 2.42. The molecule has 1 N–H and O–H groups in total. The highest BCUT2D eigenvalue weighted by molar-refractivity contribution is 7.18. The number of carbonyl (C=O) groups excluding carboxylic acids is 1. The summed E-state index contributed by atoms with van der Waals surface area (Å²) < 4.78 is 2.00. The number of aromatic amines is 1. The van der Waals surface area contributed by atoms with Crippen molar-refractivity contribution in [3.8, 4) is 0 Å². The van der Waals surface area contributed by atoms with Crippen LogP contribution in [0.3, 0.4) is 0 Å². The van der Waals surface area contributed by atoms with Crippen LogP contribution in [0.4, 0.5) is 0 Å². The number of H-pyrrole nitrogens is 1. The lowest BCUT2D eigenvalue weighted by Crippen LogP contribution is -2.40. The van der Waals surface area contributed by atoms with E-state index in [1.807, 2.05) is 25.3 Å². The predicted molar refractivity (Wildman–Crippen MR) is 98.2 cm³/mol. The lowest BCUT2D eigenvalue weighted by Gasteiger charge is -2.31. The minimum atomic E-state index is -0.126. The molecule has 1 amide bonds. The fourth-order valence-electron chi connectivity index (χ4n) is 3.38. The molecule has 0 spiro atoms. The molecular weight excluding hydrogens is 352 g/mol. The lowest BCUT2D eigenvalue weighted by molar-refractivity contribution is -0.133. The van der Waals surface area contributed by atoms with E-state index in [1.165, 1.54) is 11.3 Å². The van der Waals surface area contributed by atoms with E-state index in [2.05, 4.69) is 20.2 Å². The van der Waals surface area contributed by atoms with E-state index < -0.39 is 0 Å². The summed E-state index contributed by atoms with van der Waals surface area (Å²) in [5.41, 5.74) is 0.854. The zero-order chi connectivity index (χ0) is 18.4. The molecule has 0 aromatic carbocycles. The minimum absolute atomic E-state index is 0.0346. The first kappa shape index (κ1) is 16.9. The summed E-state index contributed by atoms with van der Waals surface area (Å²) in [5, 5.41) is 8.65. The van der Waals surface area contributed by atoms with Gasteiger partial charge in [-0.25, -0.2) is 4.98 Å². The molecule has 1 atom stereocenters. The van der Waals surface area contributed by atoms with E-state index in [0.29, 0.717) is 37.1 Å². The monoisotopic (exact) mass is 372 g/mol. The van der Waals surface area contributed by atoms with Gasteiger partial charge in [0.05, 0.1) is 18.0 Å². The number of nitrogens with one attached hydrogen (secondary N) is 1. The Labute approximate surface area is 153 Å². The van der Waals surface area contributed by atoms with E-state index in [4.69, 9.17) is 0 Å². The van der Waals surface area contributed by atoms with E-state index in [9.17, 15) is 9.59 Å². The number of hydrogen-bond acceptors (Lipinski definition) is 6. The SMILES string of the molecule is Cc1sc2nc(CCC(=O)N3Cc4nncn4C(C)C3)[nH]c(=O)c2c1C. The smallest absolute Gasteiger partial charge is 0.259 e. The van der Waals surface area contributed by atoms with Crippen LogP contribution in [0, 0.1) is 13.8 Å². The summed E-state index contributed by atoms with van der Waals surface area (Å²) in [7, 11) is 0. The Balaban J connectivity index is 1.48. The maximum Gasteiger partial charge on any atom is 0.259 e. The van der Waals surface area contributed by atoms with Crippen molar-refractivity contribution in [2.45, 2.75) is 46.2 Å². The van der Waals surface area contributed by atoms with Crippen molar-refractivity contribution in [2.24, 2.45) is 0 Å². The van der Waals surface area contributed by atoms with Gasteiger partial charge < -0.3 is 14.5 Å². The second kappa shape index (κ2) is 6.31. The maximum atomic E-state index is 12.6. The maximum absolute atomic E-state index is 12.6. The Morgan fingerprint density at radius 2 is 2.23 bits per heavy atom. The molecule has 0 radical (unpaired) electrons. The van der Waals surface area contributed by atoms with E-state index in [-0.39, 0.29) is 17.5 Å². The predicted octanol–water partition coefficient (Wildman–Crippen LogP) is 1.73. The van der Waals surface area contributed by atoms with Crippen LogP contribution in [0.5, 0.6) is 0 Å². The number of fused-ring (bicyclic) bond motifs is 2. The number of amides is 1. The van der Waals surface area contributed by atoms with E-state index in [1.54, 1.807) is 11.2 Å². The molecule has 26 heavy (non-hydrogen) atoms. The van der Waals surface area contributed by atoms with Crippen LogP contribution in [0.15, 0.2) is 11.1 Å². The average Bonchev–Trinajstić information content (AvgIpc) is 3.18. The Kier molecular flexibility index (Phi) is 4.10. The number of aryl methyl sites for hydroxylation is 3. The Hall–Kier alpha value is -2.55. The first-order valence-electron chi connectivity index (χ1n) is 8.59. The molecule has 1 unspecified atom stereocenters. The highest BCUT2D eigenvalue weighted by Crippen LogP contribution is 2.26. The summed E-state index contributed by atoms with van der Waals surface area (Å²) >= 11 is 1.52. The van der Waals surface area contributed by atoms with Crippen LogP contribution >= 0.6 is 11.3 Å². The van der Waals surface area contributed by atoms with Gasteiger partial charge in [0.2, 0.25) is 5.91 Å². The van der Waals surface area contributed by atoms with Crippen molar-refractivity contribution < 1.29 is 4.79 Å². The van der Waals surface area contributed by atoms with Crippen molar-refractivity contribution in [1.29, 1.82) is 0 Å². The van der Waals surface area contributed by atoms with Gasteiger partial charge in [-0.15, -0.1) is 21.5 Å². The first-order chi connectivity index (χ1) is 12.4. The van der Waals surface area contributed by atoms with Crippen LogP contribution in [0.25, 0.3) is 10.2 Å². The molecule has 0 aliphatic carbocycles. The molecule has 0 saturated carbocycles. The van der Waals surface area contributed by atoms with Crippen molar-refractivity contribution in [1.82, 2.24) is 29.6 Å². The molecule has 3 aromatic heterocycles. The zero-order valence-electron chi connectivity index (χ0n) is 14.9. The molecule has 0 bridgehead atoms. The average molecular weight is 372 g/mol. The van der Waals surface area contributed by atoms with Crippen molar-refractivity contribution in [2.75, 3.05) is 6.54 Å². The lowest BCUT2D eigenvalue weighted by atomic mass is 10.2. The molecule has 9 heteroatoms. The van der Waals surface area contributed by atoms with Gasteiger partial charge in [-0.2, -0.15) is 0 Å². The fraction of sp³-hybridized carbons (Fsp3) is 0.471. The van der Waals surface area contributed by atoms with Crippen LogP contribution < -0.4 is 5.56 Å². The second-order valence-corrected chi connectivity index (χ2v) is 7.96. The number of thiophene rings is 1. The Bertz CT molecular complexity index is 1050. The van der Waals surface area contributed by atoms with Gasteiger partial charge in [-0.1, -0.05) is 0 Å². The highest BCUT2D eigenvalue weighted by Gasteiger charge is 2.26. The third-order valence-corrected chi connectivity index (χ3v) is 6.06. The normalized spacial score (nSPS) is 16.9. The second-order valence-electron chi connectivity index (χ2n) is 6.75. The summed E-state index contributed by atoms with van der Waals surface area (Å²) in [6, 6.07) is 0.157. The highest BCUT2D eigenvalue weighted by atomic mass is 32.1. The molecule has 0 saturated heterocycles. The summed E-state index contributed by atoms with van der Waals surface area (Å²) in [5.74, 6) is 1.40. The van der Waals surface area contributed by atoms with Gasteiger partial charge in [-0.05, 0) is 26.3 Å². The molecule has 4 rings (SSSR count). The summed E-state index contributed by atoms with van der Waals surface area (Å²) in [6.45, 7) is 7.07. The first-order valence-corrected chi connectivity index (χ1v) is 9.40. The molecular formula is C17H20N6O2S. The number of nitrogens with zero attached hydrogens (tertiary/aromatic N) is 5. The van der Waals surface area contributed by atoms with Gasteiger partial charge >= 0.3 is 0 Å². The number of hydrogen-bond donors (Lipinski definition) is 1. The third kappa shape index (κ3) is 2.82. The minimum Gasteiger partial charge on any atom is -0.333 e. The van der Waals surface area contributed by atoms with Crippen LogP contribution in [-0.4, -0.2) is 42.1 Å². The van der Waals surface area contributed by atoms with Crippen LogP contribution in [0.2, 0.25) is 0 Å². The quantitative estimate of drug-likeness (QED) is 0.755. The van der Waals surface area contributed by atoms with Crippen LogP contribution in [-0.2, 0) is 17.8 Å². The van der Waals surface area contributed by atoms with E-state index >= 15 is 0 Å². The number of carbonyl (C=O) groups is 1. The van der Waals surface area contributed by atoms with Crippen molar-refractivity contribution in [3.05, 3.63) is 38.8 Å².